The summed E-state index contributed by atoms with van der Waals surface area (Å²) in [5.74, 6) is -0.00946. The maximum absolute atomic E-state index is 13.2. The summed E-state index contributed by atoms with van der Waals surface area (Å²) in [5, 5.41) is 9.67. The van der Waals surface area contributed by atoms with Crippen LogP contribution in [0.3, 0.4) is 0 Å². The molecule has 1 N–H and O–H groups in total. The molecule has 4 rings (SSSR count). The van der Waals surface area contributed by atoms with Crippen LogP contribution in [0.1, 0.15) is 37.8 Å². The van der Waals surface area contributed by atoms with Gasteiger partial charge in [-0.15, -0.1) is 0 Å². The van der Waals surface area contributed by atoms with Crippen LogP contribution in [0.5, 0.6) is 0 Å². The largest absolute Gasteiger partial charge is 0.353 e. The van der Waals surface area contributed by atoms with E-state index in [9.17, 15) is 9.59 Å². The molecule has 1 unspecified atom stereocenters. The molecule has 0 radical (unpaired) electrons. The number of carbonyl (C=O) groups is 2. The number of piperidine rings is 1. The lowest BCUT2D eigenvalue weighted by Gasteiger charge is -2.32. The van der Waals surface area contributed by atoms with Crippen molar-refractivity contribution >= 4 is 23.2 Å². The molecular weight excluding hydrogens is 364 g/mol. The number of carbonyl (C=O) groups excluding carboxylic acids is 2. The van der Waals surface area contributed by atoms with E-state index >= 15 is 0 Å². The number of likely N-dealkylation sites (tertiary alicyclic amines) is 1. The zero-order valence-electron chi connectivity index (χ0n) is 16.6. The molecule has 1 saturated heterocycles. The van der Waals surface area contributed by atoms with Crippen LogP contribution in [-0.4, -0.2) is 41.6 Å². The van der Waals surface area contributed by atoms with Crippen LogP contribution in [-0.2, 0) is 9.59 Å². The minimum Gasteiger partial charge on any atom is -0.353 e. The van der Waals surface area contributed by atoms with Gasteiger partial charge in [-0.1, -0.05) is 48.5 Å². The molecule has 2 aliphatic rings. The first-order valence-corrected chi connectivity index (χ1v) is 10.1. The maximum atomic E-state index is 13.2. The third-order valence-electron chi connectivity index (χ3n) is 5.55. The minimum absolute atomic E-state index is 0.00522. The zero-order chi connectivity index (χ0) is 20.2. The molecule has 1 atom stereocenters. The van der Waals surface area contributed by atoms with Crippen molar-refractivity contribution in [1.29, 1.82) is 0 Å². The van der Waals surface area contributed by atoms with E-state index in [-0.39, 0.29) is 23.9 Å². The van der Waals surface area contributed by atoms with Gasteiger partial charge >= 0.3 is 0 Å². The van der Waals surface area contributed by atoms with Crippen LogP contribution in [0.15, 0.2) is 65.8 Å². The monoisotopic (exact) mass is 390 g/mol. The molecule has 2 heterocycles. The van der Waals surface area contributed by atoms with E-state index in [0.29, 0.717) is 25.2 Å². The fourth-order valence-corrected chi connectivity index (χ4v) is 4.09. The van der Waals surface area contributed by atoms with Crippen molar-refractivity contribution in [2.75, 3.05) is 18.1 Å². The van der Waals surface area contributed by atoms with E-state index in [1.807, 2.05) is 58.4 Å². The van der Waals surface area contributed by atoms with Crippen LogP contribution in [0.25, 0.3) is 0 Å². The summed E-state index contributed by atoms with van der Waals surface area (Å²) in [5.41, 5.74) is 2.72. The van der Waals surface area contributed by atoms with Crippen molar-refractivity contribution in [2.24, 2.45) is 5.10 Å². The second-order valence-electron chi connectivity index (χ2n) is 7.62. The number of nitrogens with zero attached hydrogens (tertiary/aromatic N) is 3. The van der Waals surface area contributed by atoms with Crippen molar-refractivity contribution < 1.29 is 9.59 Å². The van der Waals surface area contributed by atoms with Gasteiger partial charge in [0.25, 0.3) is 5.91 Å². The molecule has 150 valence electrons. The van der Waals surface area contributed by atoms with Gasteiger partial charge < -0.3 is 10.2 Å². The Morgan fingerprint density at radius 2 is 1.59 bits per heavy atom. The zero-order valence-corrected chi connectivity index (χ0v) is 16.6. The van der Waals surface area contributed by atoms with Crippen molar-refractivity contribution in [3.63, 3.8) is 0 Å². The molecule has 0 aliphatic carbocycles. The van der Waals surface area contributed by atoms with Gasteiger partial charge in [-0.25, -0.2) is 0 Å². The van der Waals surface area contributed by atoms with E-state index in [4.69, 9.17) is 5.10 Å². The highest BCUT2D eigenvalue weighted by atomic mass is 16.2. The molecule has 1 fully saturated rings. The summed E-state index contributed by atoms with van der Waals surface area (Å²) in [4.78, 5) is 26.3. The van der Waals surface area contributed by atoms with Crippen molar-refractivity contribution in [2.45, 2.75) is 38.3 Å². The summed E-state index contributed by atoms with van der Waals surface area (Å²) in [7, 11) is 0. The van der Waals surface area contributed by atoms with Gasteiger partial charge in [0.15, 0.2) is 0 Å². The summed E-state index contributed by atoms with van der Waals surface area (Å²) < 4.78 is 0. The lowest BCUT2D eigenvalue weighted by Crippen LogP contribution is -2.47. The van der Waals surface area contributed by atoms with E-state index in [1.54, 1.807) is 0 Å². The minimum atomic E-state index is -0.0147. The number of rotatable bonds is 4. The Kier molecular flexibility index (Phi) is 5.60. The Balaban J connectivity index is 1.51. The molecule has 0 spiro atoms. The van der Waals surface area contributed by atoms with Gasteiger partial charge in [0.05, 0.1) is 11.7 Å². The molecule has 0 bridgehead atoms. The van der Waals surface area contributed by atoms with Gasteiger partial charge in [-0.3, -0.25) is 14.6 Å². The summed E-state index contributed by atoms with van der Waals surface area (Å²) in [6.45, 7) is 2.82. The van der Waals surface area contributed by atoms with Gasteiger partial charge in [0.1, 0.15) is 5.71 Å². The first-order chi connectivity index (χ1) is 14.1. The number of para-hydroxylation sites is 1. The van der Waals surface area contributed by atoms with E-state index < -0.39 is 0 Å². The number of hydrogen-bond acceptors (Lipinski definition) is 4. The van der Waals surface area contributed by atoms with Crippen LogP contribution in [0, 0.1) is 0 Å². The standard InChI is InChI=1S/C23H26N4O2/c1-17(28)24-19-12-14-26(15-13-19)23(29)21-16-22(18-8-4-2-5-9-18)27(25-21)20-10-6-3-7-11-20/h2-11,19,22H,12-16H2,1H3,(H,24,28). The topological polar surface area (TPSA) is 65.0 Å². The summed E-state index contributed by atoms with van der Waals surface area (Å²) in [6, 6.07) is 20.4. The predicted molar refractivity (Wildman–Crippen MR) is 114 cm³/mol. The Morgan fingerprint density at radius 1 is 0.966 bits per heavy atom. The first kappa shape index (κ1) is 19.2. The Labute approximate surface area is 171 Å². The third-order valence-corrected chi connectivity index (χ3v) is 5.55. The Hall–Kier alpha value is -3.15. The molecule has 6 nitrogen and oxygen atoms in total. The second-order valence-corrected chi connectivity index (χ2v) is 7.62. The Morgan fingerprint density at radius 3 is 2.21 bits per heavy atom. The van der Waals surface area contributed by atoms with Crippen molar-refractivity contribution in [3.8, 4) is 0 Å². The molecule has 2 aromatic carbocycles. The lowest BCUT2D eigenvalue weighted by molar-refractivity contribution is -0.125. The fraction of sp³-hybridized carbons (Fsp3) is 0.348. The van der Waals surface area contributed by atoms with Crippen LogP contribution in [0.2, 0.25) is 0 Å². The molecule has 2 aromatic rings. The predicted octanol–water partition coefficient (Wildman–Crippen LogP) is 3.12. The highest BCUT2D eigenvalue weighted by Crippen LogP contribution is 2.35. The van der Waals surface area contributed by atoms with Gasteiger partial charge in [-0.05, 0) is 30.5 Å². The average molecular weight is 390 g/mol. The molecule has 6 heteroatoms. The highest BCUT2D eigenvalue weighted by molar-refractivity contribution is 6.39. The average Bonchev–Trinajstić information content (AvgIpc) is 3.20. The second kappa shape index (κ2) is 8.47. The van der Waals surface area contributed by atoms with E-state index in [2.05, 4.69) is 17.4 Å². The Bertz CT molecular complexity index is 890. The molecule has 0 aromatic heterocycles. The first-order valence-electron chi connectivity index (χ1n) is 10.1. The summed E-state index contributed by atoms with van der Waals surface area (Å²) in [6.07, 6.45) is 2.15. The van der Waals surface area contributed by atoms with Crippen LogP contribution >= 0.6 is 0 Å². The number of hydrogen-bond donors (Lipinski definition) is 1. The molecular formula is C23H26N4O2. The lowest BCUT2D eigenvalue weighted by atomic mass is 10.00. The van der Waals surface area contributed by atoms with Gasteiger partial charge in [0.2, 0.25) is 5.91 Å². The molecule has 29 heavy (non-hydrogen) atoms. The molecule has 0 saturated carbocycles. The fourth-order valence-electron chi connectivity index (χ4n) is 4.09. The number of benzene rings is 2. The normalized spacial score (nSPS) is 19.8. The van der Waals surface area contributed by atoms with E-state index in [0.717, 1.165) is 24.1 Å². The number of anilines is 1. The number of hydrazone groups is 1. The third kappa shape index (κ3) is 4.31. The van der Waals surface area contributed by atoms with Gasteiger partial charge in [0, 0.05) is 32.5 Å². The number of nitrogens with one attached hydrogen (secondary N) is 1. The SMILES string of the molecule is CC(=O)NC1CCN(C(=O)C2=NN(c3ccccc3)C(c3ccccc3)C2)CC1. The van der Waals surface area contributed by atoms with Crippen molar-refractivity contribution in [3.05, 3.63) is 66.2 Å². The maximum Gasteiger partial charge on any atom is 0.270 e. The van der Waals surface area contributed by atoms with E-state index in [1.165, 1.54) is 6.92 Å². The smallest absolute Gasteiger partial charge is 0.270 e. The van der Waals surface area contributed by atoms with Crippen LogP contribution < -0.4 is 10.3 Å². The molecule has 2 aliphatic heterocycles. The van der Waals surface area contributed by atoms with Crippen molar-refractivity contribution in [1.82, 2.24) is 10.2 Å². The van der Waals surface area contributed by atoms with Gasteiger partial charge in [-0.2, -0.15) is 5.10 Å². The van der Waals surface area contributed by atoms with Crippen LogP contribution in [0.4, 0.5) is 5.69 Å². The highest BCUT2D eigenvalue weighted by Gasteiger charge is 2.35. The molecule has 2 amide bonds. The summed E-state index contributed by atoms with van der Waals surface area (Å²) >= 11 is 0. The quantitative estimate of drug-likeness (QED) is 0.872. The number of amides is 2.